The standard InChI is InChI=1S/C14H17BrFN3O/c1-14(2,3)17-7-6-12-18-13(19-20-12)10-8-9(16)4-5-11(10)15/h4-5,8,17H,6-7H2,1-3H3. The van der Waals surface area contributed by atoms with Gasteiger partial charge in [-0.05, 0) is 39.0 Å². The van der Waals surface area contributed by atoms with Gasteiger partial charge in [0.25, 0.3) is 0 Å². The Morgan fingerprint density at radius 2 is 2.10 bits per heavy atom. The quantitative estimate of drug-likeness (QED) is 0.923. The fourth-order valence-electron chi connectivity index (χ4n) is 1.68. The van der Waals surface area contributed by atoms with Gasteiger partial charge in [0.1, 0.15) is 5.82 Å². The van der Waals surface area contributed by atoms with Crippen molar-refractivity contribution in [2.45, 2.75) is 32.7 Å². The third-order valence-electron chi connectivity index (χ3n) is 2.63. The topological polar surface area (TPSA) is 51.0 Å². The molecule has 0 atom stereocenters. The summed E-state index contributed by atoms with van der Waals surface area (Å²) >= 11 is 3.35. The van der Waals surface area contributed by atoms with Gasteiger partial charge in [-0.2, -0.15) is 4.98 Å². The molecular formula is C14H17BrFN3O. The van der Waals surface area contributed by atoms with Gasteiger partial charge in [-0.3, -0.25) is 0 Å². The summed E-state index contributed by atoms with van der Waals surface area (Å²) in [7, 11) is 0. The van der Waals surface area contributed by atoms with E-state index in [1.807, 2.05) is 0 Å². The van der Waals surface area contributed by atoms with Crippen molar-refractivity contribution in [3.8, 4) is 11.4 Å². The second-order valence-corrected chi connectivity index (χ2v) is 6.42. The van der Waals surface area contributed by atoms with E-state index in [0.29, 0.717) is 23.7 Å². The number of hydrogen-bond acceptors (Lipinski definition) is 4. The number of benzene rings is 1. The molecule has 1 N–H and O–H groups in total. The molecule has 0 radical (unpaired) electrons. The highest BCUT2D eigenvalue weighted by atomic mass is 79.9. The zero-order valence-corrected chi connectivity index (χ0v) is 13.3. The van der Waals surface area contributed by atoms with Gasteiger partial charge in [-0.1, -0.05) is 21.1 Å². The molecule has 1 heterocycles. The second-order valence-electron chi connectivity index (χ2n) is 5.56. The molecule has 0 aliphatic heterocycles. The molecule has 0 bridgehead atoms. The molecule has 0 aliphatic carbocycles. The number of aromatic nitrogens is 2. The monoisotopic (exact) mass is 341 g/mol. The van der Waals surface area contributed by atoms with Gasteiger partial charge in [0.05, 0.1) is 0 Å². The van der Waals surface area contributed by atoms with Crippen molar-refractivity contribution >= 4 is 15.9 Å². The molecule has 1 aromatic carbocycles. The Balaban J connectivity index is 2.07. The molecule has 0 fully saturated rings. The number of rotatable bonds is 4. The van der Waals surface area contributed by atoms with Crippen LogP contribution in [0.5, 0.6) is 0 Å². The van der Waals surface area contributed by atoms with Crippen LogP contribution in [0.15, 0.2) is 27.2 Å². The first-order valence-corrected chi connectivity index (χ1v) is 7.17. The van der Waals surface area contributed by atoms with Crippen LogP contribution < -0.4 is 5.32 Å². The lowest BCUT2D eigenvalue weighted by atomic mass is 10.1. The van der Waals surface area contributed by atoms with E-state index in [1.54, 1.807) is 6.07 Å². The van der Waals surface area contributed by atoms with Crippen LogP contribution in [0.4, 0.5) is 4.39 Å². The van der Waals surface area contributed by atoms with E-state index in [0.717, 1.165) is 11.0 Å². The smallest absolute Gasteiger partial charge is 0.228 e. The summed E-state index contributed by atoms with van der Waals surface area (Å²) in [5, 5.41) is 7.24. The molecule has 4 nitrogen and oxygen atoms in total. The van der Waals surface area contributed by atoms with Gasteiger partial charge < -0.3 is 9.84 Å². The van der Waals surface area contributed by atoms with E-state index < -0.39 is 0 Å². The van der Waals surface area contributed by atoms with Crippen molar-refractivity contribution < 1.29 is 8.91 Å². The molecule has 0 aliphatic rings. The summed E-state index contributed by atoms with van der Waals surface area (Å²) in [6.45, 7) is 7.03. The minimum Gasteiger partial charge on any atom is -0.339 e. The van der Waals surface area contributed by atoms with Gasteiger partial charge in [0.15, 0.2) is 0 Å². The van der Waals surface area contributed by atoms with E-state index in [2.05, 4.69) is 52.2 Å². The molecule has 2 rings (SSSR count). The van der Waals surface area contributed by atoms with Gasteiger partial charge in [0, 0.05) is 28.5 Å². The Kier molecular flexibility index (Phi) is 4.55. The Bertz CT molecular complexity index is 592. The summed E-state index contributed by atoms with van der Waals surface area (Å²) in [6, 6.07) is 4.38. The van der Waals surface area contributed by atoms with Crippen LogP contribution in [0.3, 0.4) is 0 Å². The Morgan fingerprint density at radius 1 is 1.35 bits per heavy atom. The zero-order chi connectivity index (χ0) is 14.8. The first kappa shape index (κ1) is 15.1. The highest BCUT2D eigenvalue weighted by Gasteiger charge is 2.14. The normalized spacial score (nSPS) is 11.8. The van der Waals surface area contributed by atoms with Crippen LogP contribution in [0.1, 0.15) is 26.7 Å². The molecule has 1 aromatic heterocycles. The van der Waals surface area contributed by atoms with E-state index in [4.69, 9.17) is 4.52 Å². The second kappa shape index (κ2) is 6.01. The van der Waals surface area contributed by atoms with Crippen molar-refractivity contribution in [1.82, 2.24) is 15.5 Å². The number of halogens is 2. The number of hydrogen-bond donors (Lipinski definition) is 1. The molecular weight excluding hydrogens is 325 g/mol. The lowest BCUT2D eigenvalue weighted by Gasteiger charge is -2.19. The average molecular weight is 342 g/mol. The van der Waals surface area contributed by atoms with E-state index in [9.17, 15) is 4.39 Å². The minimum absolute atomic E-state index is 0.0500. The Hall–Kier alpha value is -1.27. The van der Waals surface area contributed by atoms with E-state index in [1.165, 1.54) is 12.1 Å². The maximum atomic E-state index is 13.3. The van der Waals surface area contributed by atoms with Crippen molar-refractivity contribution in [1.29, 1.82) is 0 Å². The summed E-state index contributed by atoms with van der Waals surface area (Å²) in [6.07, 6.45) is 0.636. The van der Waals surface area contributed by atoms with Crippen molar-refractivity contribution in [3.05, 3.63) is 34.4 Å². The highest BCUT2D eigenvalue weighted by molar-refractivity contribution is 9.10. The molecule has 6 heteroatoms. The molecule has 0 unspecified atom stereocenters. The molecule has 108 valence electrons. The summed E-state index contributed by atoms with van der Waals surface area (Å²) in [4.78, 5) is 4.29. The third kappa shape index (κ3) is 4.11. The zero-order valence-electron chi connectivity index (χ0n) is 11.7. The lowest BCUT2D eigenvalue weighted by molar-refractivity contribution is 0.362. The van der Waals surface area contributed by atoms with Crippen LogP contribution in [0.2, 0.25) is 0 Å². The molecule has 0 saturated heterocycles. The van der Waals surface area contributed by atoms with Crippen LogP contribution in [-0.4, -0.2) is 22.2 Å². The average Bonchev–Trinajstić information content (AvgIpc) is 2.79. The summed E-state index contributed by atoms with van der Waals surface area (Å²) in [5.74, 6) is 0.596. The van der Waals surface area contributed by atoms with Crippen molar-refractivity contribution in [3.63, 3.8) is 0 Å². The Labute approximate surface area is 125 Å². The molecule has 0 spiro atoms. The van der Waals surface area contributed by atoms with Gasteiger partial charge in [-0.25, -0.2) is 4.39 Å². The SMILES string of the molecule is CC(C)(C)NCCc1nc(-c2cc(F)ccc2Br)no1. The fraction of sp³-hybridized carbons (Fsp3) is 0.429. The maximum absolute atomic E-state index is 13.3. The minimum atomic E-state index is -0.330. The largest absolute Gasteiger partial charge is 0.339 e. The number of nitrogens with one attached hydrogen (secondary N) is 1. The van der Waals surface area contributed by atoms with Crippen LogP contribution >= 0.6 is 15.9 Å². The van der Waals surface area contributed by atoms with Crippen molar-refractivity contribution in [2.24, 2.45) is 0 Å². The molecule has 20 heavy (non-hydrogen) atoms. The Morgan fingerprint density at radius 3 is 2.80 bits per heavy atom. The molecule has 0 saturated carbocycles. The van der Waals surface area contributed by atoms with E-state index in [-0.39, 0.29) is 11.4 Å². The molecule has 2 aromatic rings. The number of nitrogens with zero attached hydrogens (tertiary/aromatic N) is 2. The van der Waals surface area contributed by atoms with Crippen LogP contribution in [0, 0.1) is 5.82 Å². The van der Waals surface area contributed by atoms with Crippen LogP contribution in [-0.2, 0) is 6.42 Å². The highest BCUT2D eigenvalue weighted by Crippen LogP contribution is 2.26. The fourth-order valence-corrected chi connectivity index (χ4v) is 2.10. The summed E-state index contributed by atoms with van der Waals surface area (Å²) in [5.41, 5.74) is 0.637. The van der Waals surface area contributed by atoms with E-state index >= 15 is 0 Å². The lowest BCUT2D eigenvalue weighted by Crippen LogP contribution is -2.37. The third-order valence-corrected chi connectivity index (χ3v) is 3.32. The summed E-state index contributed by atoms with van der Waals surface area (Å²) < 4.78 is 19.2. The van der Waals surface area contributed by atoms with Gasteiger partial charge in [0.2, 0.25) is 11.7 Å². The van der Waals surface area contributed by atoms with Crippen molar-refractivity contribution in [2.75, 3.05) is 6.54 Å². The predicted octanol–water partition coefficient (Wildman–Crippen LogP) is 3.57. The predicted molar refractivity (Wildman–Crippen MR) is 78.9 cm³/mol. The first-order chi connectivity index (χ1) is 9.35. The first-order valence-electron chi connectivity index (χ1n) is 6.38. The van der Waals surface area contributed by atoms with Gasteiger partial charge in [-0.15, -0.1) is 0 Å². The maximum Gasteiger partial charge on any atom is 0.228 e. The van der Waals surface area contributed by atoms with Gasteiger partial charge >= 0.3 is 0 Å². The molecule has 0 amide bonds. The van der Waals surface area contributed by atoms with Crippen LogP contribution in [0.25, 0.3) is 11.4 Å².